The molecule has 17 heteroatoms. The van der Waals surface area contributed by atoms with E-state index in [-0.39, 0.29) is 29.8 Å². The molecular weight excluding hydrogens is 924 g/mol. The summed E-state index contributed by atoms with van der Waals surface area (Å²) >= 11 is 0. The van der Waals surface area contributed by atoms with E-state index in [9.17, 15) is 13.6 Å². The number of rotatable bonds is 9. The summed E-state index contributed by atoms with van der Waals surface area (Å²) in [6.45, 7) is 15.3. The first kappa shape index (κ1) is 52.7. The average Bonchev–Trinajstić information content (AvgIpc) is 4.24. The first-order valence-corrected chi connectivity index (χ1v) is 25.0. The number of carbonyl (C=O) groups excluding carboxylic acids is 1. The molecule has 3 saturated heterocycles. The van der Waals surface area contributed by atoms with Crippen LogP contribution in [0, 0.1) is 37.3 Å². The number of benzene rings is 2. The number of urea groups is 1. The Morgan fingerprint density at radius 3 is 1.61 bits per heavy atom. The number of halogens is 3. The van der Waals surface area contributed by atoms with Gasteiger partial charge in [-0.05, 0) is 114 Å². The third kappa shape index (κ3) is 13.3. The Labute approximate surface area is 423 Å². The Kier molecular flexibility index (Phi) is 18.1. The van der Waals surface area contributed by atoms with Crippen molar-refractivity contribution in [3.05, 3.63) is 96.1 Å². The van der Waals surface area contributed by atoms with Crippen LogP contribution < -0.4 is 20.9 Å². The Hall–Kier alpha value is -6.10. The fraction of sp³-hybridized carbons (Fsp3) is 0.463. The van der Waals surface area contributed by atoms with E-state index in [1.165, 1.54) is 44.2 Å². The molecule has 1 saturated carbocycles. The summed E-state index contributed by atoms with van der Waals surface area (Å²) in [6, 6.07) is 14.2. The molecule has 0 spiro atoms. The van der Waals surface area contributed by atoms with Crippen molar-refractivity contribution < 1.29 is 23.0 Å². The summed E-state index contributed by atoms with van der Waals surface area (Å²) in [5.74, 6) is 2.48. The highest BCUT2D eigenvalue weighted by molar-refractivity contribution is 5.91. The van der Waals surface area contributed by atoms with Crippen LogP contribution in [0.25, 0.3) is 44.8 Å². The summed E-state index contributed by atoms with van der Waals surface area (Å²) in [5, 5.41) is 11.4. The van der Waals surface area contributed by atoms with Gasteiger partial charge < -0.3 is 35.2 Å². The third-order valence-corrected chi connectivity index (χ3v) is 14.0. The Balaban J connectivity index is 0.000000186. The van der Waals surface area contributed by atoms with Gasteiger partial charge in [-0.15, -0.1) is 12.4 Å². The fourth-order valence-corrected chi connectivity index (χ4v) is 9.70. The number of aryl methyl sites for hydroxylation is 4. The number of nitrogens with two attached hydrogens (primary N) is 1. The number of amides is 2. The molecule has 0 unspecified atom stereocenters. The van der Waals surface area contributed by atoms with Gasteiger partial charge in [0, 0.05) is 76.9 Å². The summed E-state index contributed by atoms with van der Waals surface area (Å²) in [4.78, 5) is 28.8. The van der Waals surface area contributed by atoms with Gasteiger partial charge >= 0.3 is 6.03 Å². The van der Waals surface area contributed by atoms with Gasteiger partial charge in [-0.1, -0.05) is 52.4 Å². The minimum atomic E-state index is -0.439. The highest BCUT2D eigenvalue weighted by Crippen LogP contribution is 2.36. The molecule has 0 bridgehead atoms. The molecule has 0 radical (unpaired) electrons. The maximum Gasteiger partial charge on any atom is 0.321 e. The van der Waals surface area contributed by atoms with Crippen LogP contribution >= 0.6 is 12.4 Å². The lowest BCUT2D eigenvalue weighted by molar-refractivity contribution is 0.122. The lowest BCUT2D eigenvalue weighted by Gasteiger charge is -2.28. The topological polar surface area (TPSA) is 145 Å². The first-order valence-electron chi connectivity index (χ1n) is 25.0. The van der Waals surface area contributed by atoms with Gasteiger partial charge in [0.15, 0.2) is 0 Å². The van der Waals surface area contributed by atoms with Crippen molar-refractivity contribution in [3.63, 3.8) is 0 Å². The van der Waals surface area contributed by atoms with Crippen molar-refractivity contribution in [2.75, 3.05) is 86.5 Å². The standard InChI is InChI=1S/C27H33FN6O2.C20H22FN5O.C7H14.ClH/c1-4-19-5-6-34(16-19)27(35)31-25-14-22(18(2)11-23(25)28)20-12-24(21-15-29-32(3)17-21)30-26(13-20)33-7-9-36-10-8-33;1-13-7-17(21)18(22)10-16(13)14-8-19(15-11-23-25(2)12-15)24-20(9-14)26-3-5-27-6-4-26;1-2-7-5-3-4-6-7;/h11-15,17,19H,4-10,16H2,1-3H3,(H,31,35);7-12H,3-6,22H2,1-2H3;7H,2-6H2,1H3;1H/t19-;;;/m1.../s1. The fourth-order valence-electron chi connectivity index (χ4n) is 9.70. The molecule has 1 atom stereocenters. The second-order valence-electron chi connectivity index (χ2n) is 19.0. The van der Waals surface area contributed by atoms with Crippen LogP contribution in [0.4, 0.5) is 36.6 Å². The molecule has 1 aliphatic carbocycles. The number of pyridine rings is 2. The molecule has 2 amide bonds. The minimum absolute atomic E-state index is 0. The molecule has 7 heterocycles. The van der Waals surface area contributed by atoms with Gasteiger partial charge in [-0.25, -0.2) is 23.5 Å². The van der Waals surface area contributed by atoms with E-state index in [0.29, 0.717) is 45.4 Å². The van der Waals surface area contributed by atoms with Crippen molar-refractivity contribution >= 4 is 41.4 Å². The molecular formula is C54H70ClF2N11O3. The molecule has 4 aromatic heterocycles. The van der Waals surface area contributed by atoms with Crippen LogP contribution in [0.1, 0.15) is 69.9 Å². The van der Waals surface area contributed by atoms with E-state index in [1.807, 2.05) is 64.6 Å². The maximum absolute atomic E-state index is 15.0. The van der Waals surface area contributed by atoms with Gasteiger partial charge in [0.25, 0.3) is 0 Å². The van der Waals surface area contributed by atoms with Crippen LogP contribution in [0.5, 0.6) is 0 Å². The normalized spacial score (nSPS) is 17.0. The Bertz CT molecular complexity index is 2730. The molecule has 380 valence electrons. The van der Waals surface area contributed by atoms with Crippen molar-refractivity contribution in [1.82, 2.24) is 34.4 Å². The number of nitrogens with one attached hydrogen (secondary N) is 1. The van der Waals surface area contributed by atoms with Crippen molar-refractivity contribution in [3.8, 4) is 44.8 Å². The average molecular weight is 995 g/mol. The van der Waals surface area contributed by atoms with Gasteiger partial charge in [-0.3, -0.25) is 9.36 Å². The van der Waals surface area contributed by atoms with Gasteiger partial charge in [0.2, 0.25) is 0 Å². The number of carbonyl (C=O) groups is 1. The second kappa shape index (κ2) is 24.3. The number of anilines is 4. The number of hydrogen-bond donors (Lipinski definition) is 2. The van der Waals surface area contributed by atoms with E-state index in [1.54, 1.807) is 38.8 Å². The number of morpholine rings is 2. The zero-order chi connectivity index (χ0) is 49.3. The number of ether oxygens (including phenoxy) is 2. The van der Waals surface area contributed by atoms with Crippen LogP contribution in [-0.2, 0) is 23.6 Å². The summed E-state index contributed by atoms with van der Waals surface area (Å²) in [5.41, 5.74) is 14.8. The molecule has 14 nitrogen and oxygen atoms in total. The van der Waals surface area contributed by atoms with Crippen LogP contribution in [-0.4, -0.2) is 106 Å². The van der Waals surface area contributed by atoms with Crippen LogP contribution in [0.3, 0.4) is 0 Å². The summed E-state index contributed by atoms with van der Waals surface area (Å²) in [7, 11) is 3.75. The molecule has 4 fully saturated rings. The second-order valence-corrected chi connectivity index (χ2v) is 19.0. The maximum atomic E-state index is 15.0. The predicted octanol–water partition coefficient (Wildman–Crippen LogP) is 10.7. The Morgan fingerprint density at radius 2 is 1.15 bits per heavy atom. The highest BCUT2D eigenvalue weighted by atomic mass is 35.5. The van der Waals surface area contributed by atoms with Crippen LogP contribution in [0.2, 0.25) is 0 Å². The van der Waals surface area contributed by atoms with Crippen molar-refractivity contribution in [1.29, 1.82) is 0 Å². The lowest BCUT2D eigenvalue weighted by Crippen LogP contribution is -2.36. The van der Waals surface area contributed by atoms with E-state index < -0.39 is 11.6 Å². The first-order chi connectivity index (χ1) is 33.8. The SMILES string of the molecule is CCC1CCCC1.CC[C@@H]1CCN(C(=O)Nc2cc(-c3cc(-c4cnn(C)c4)nc(N4CCOCC4)c3)c(C)cc2F)C1.Cc1cc(F)c(N)cc1-c1cc(-c2cnn(C)c2)nc(N2CCOCC2)c1.Cl. The molecule has 10 rings (SSSR count). The largest absolute Gasteiger partial charge is 0.396 e. The molecule has 2 aromatic carbocycles. The predicted molar refractivity (Wildman–Crippen MR) is 282 cm³/mol. The molecule has 3 aliphatic heterocycles. The van der Waals surface area contributed by atoms with E-state index >= 15 is 0 Å². The van der Waals surface area contributed by atoms with Gasteiger partial charge in [0.1, 0.15) is 23.3 Å². The Morgan fingerprint density at radius 1 is 0.662 bits per heavy atom. The lowest BCUT2D eigenvalue weighted by atomic mass is 9.98. The molecule has 4 aliphatic rings. The zero-order valence-electron chi connectivity index (χ0n) is 42.1. The molecule has 71 heavy (non-hydrogen) atoms. The quantitative estimate of drug-likeness (QED) is 0.134. The molecule has 6 aromatic rings. The highest BCUT2D eigenvalue weighted by Gasteiger charge is 2.26. The van der Waals surface area contributed by atoms with E-state index in [0.717, 1.165) is 112 Å². The van der Waals surface area contributed by atoms with Crippen molar-refractivity contribution in [2.24, 2.45) is 25.9 Å². The number of likely N-dealkylation sites (tertiary alicyclic amines) is 1. The summed E-state index contributed by atoms with van der Waals surface area (Å²) in [6.07, 6.45) is 16.9. The third-order valence-electron chi connectivity index (χ3n) is 14.0. The number of hydrogen-bond acceptors (Lipinski definition) is 10. The number of aromatic nitrogens is 6. The summed E-state index contributed by atoms with van der Waals surface area (Å²) < 4.78 is 43.3. The smallest absolute Gasteiger partial charge is 0.321 e. The minimum Gasteiger partial charge on any atom is -0.396 e. The monoisotopic (exact) mass is 994 g/mol. The van der Waals surface area contributed by atoms with Crippen molar-refractivity contribution in [2.45, 2.75) is 72.6 Å². The molecule has 3 N–H and O–H groups in total. The van der Waals surface area contributed by atoms with Gasteiger partial charge in [0.05, 0.1) is 61.6 Å². The van der Waals surface area contributed by atoms with Gasteiger partial charge in [-0.2, -0.15) is 10.2 Å². The number of nitrogens with zero attached hydrogens (tertiary/aromatic N) is 9. The van der Waals surface area contributed by atoms with E-state index in [4.69, 9.17) is 25.2 Å². The zero-order valence-corrected chi connectivity index (χ0v) is 42.9. The van der Waals surface area contributed by atoms with Crippen LogP contribution in [0.15, 0.2) is 73.3 Å². The van der Waals surface area contributed by atoms with E-state index in [2.05, 4.69) is 39.2 Å². The number of nitrogen functional groups attached to an aromatic ring is 1.